The van der Waals surface area contributed by atoms with Crippen molar-refractivity contribution in [2.45, 2.75) is 6.92 Å². The summed E-state index contributed by atoms with van der Waals surface area (Å²) in [5, 5.41) is 9.93. The van der Waals surface area contributed by atoms with Crippen molar-refractivity contribution in [1.82, 2.24) is 9.97 Å². The van der Waals surface area contributed by atoms with Gasteiger partial charge in [-0.15, -0.1) is 0 Å². The maximum absolute atomic E-state index is 12.7. The first-order valence-corrected chi connectivity index (χ1v) is 6.85. The van der Waals surface area contributed by atoms with E-state index in [0.29, 0.717) is 28.1 Å². The molecule has 108 valence electrons. The lowest BCUT2D eigenvalue weighted by Gasteiger charge is -2.04. The zero-order chi connectivity index (χ0) is 15.3. The highest BCUT2D eigenvalue weighted by Gasteiger charge is 2.16. The Bertz CT molecular complexity index is 1040. The molecule has 0 saturated carbocycles. The van der Waals surface area contributed by atoms with Gasteiger partial charge in [-0.05, 0) is 31.2 Å². The lowest BCUT2D eigenvalue weighted by Crippen LogP contribution is -2.08. The number of phenols is 1. The van der Waals surface area contributed by atoms with E-state index < -0.39 is 0 Å². The summed E-state index contributed by atoms with van der Waals surface area (Å²) in [7, 11) is 0. The molecule has 2 aromatic heterocycles. The average molecular weight is 292 g/mol. The molecule has 4 rings (SSSR count). The summed E-state index contributed by atoms with van der Waals surface area (Å²) in [4.78, 5) is 20.3. The number of H-pyrrole nitrogens is 1. The van der Waals surface area contributed by atoms with E-state index in [1.807, 2.05) is 24.3 Å². The Hall–Kier alpha value is -3.08. The minimum Gasteiger partial charge on any atom is -0.508 e. The van der Waals surface area contributed by atoms with Gasteiger partial charge in [0.1, 0.15) is 28.5 Å². The molecule has 0 radical (unpaired) electrons. The third-order valence-corrected chi connectivity index (χ3v) is 3.68. The second-order valence-electron chi connectivity index (χ2n) is 5.15. The summed E-state index contributed by atoms with van der Waals surface area (Å²) in [5.41, 5.74) is 2.26. The van der Waals surface area contributed by atoms with Gasteiger partial charge in [0.15, 0.2) is 0 Å². The molecular weight excluding hydrogens is 280 g/mol. The second-order valence-corrected chi connectivity index (χ2v) is 5.15. The van der Waals surface area contributed by atoms with Crippen molar-refractivity contribution in [2.24, 2.45) is 0 Å². The number of hydrogen-bond donors (Lipinski definition) is 2. The zero-order valence-corrected chi connectivity index (χ0v) is 11.8. The van der Waals surface area contributed by atoms with E-state index in [1.165, 1.54) is 12.1 Å². The Morgan fingerprint density at radius 1 is 1.18 bits per heavy atom. The number of fused-ring (bicyclic) bond motifs is 2. The number of nitrogens with zero attached hydrogens (tertiary/aromatic N) is 1. The molecular formula is C17H12N2O3. The van der Waals surface area contributed by atoms with Crippen LogP contribution in [-0.2, 0) is 0 Å². The van der Waals surface area contributed by atoms with E-state index >= 15 is 0 Å². The number of rotatable bonds is 1. The number of para-hydroxylation sites is 2. The van der Waals surface area contributed by atoms with E-state index in [9.17, 15) is 9.90 Å². The Balaban J connectivity index is 2.06. The van der Waals surface area contributed by atoms with Gasteiger partial charge in [-0.3, -0.25) is 4.79 Å². The zero-order valence-electron chi connectivity index (χ0n) is 11.8. The van der Waals surface area contributed by atoms with Crippen LogP contribution < -0.4 is 5.43 Å². The summed E-state index contributed by atoms with van der Waals surface area (Å²) < 4.78 is 5.68. The quantitative estimate of drug-likeness (QED) is 0.564. The van der Waals surface area contributed by atoms with Crippen molar-refractivity contribution in [3.63, 3.8) is 0 Å². The molecule has 0 bridgehead atoms. The third-order valence-electron chi connectivity index (χ3n) is 3.68. The van der Waals surface area contributed by atoms with Crippen LogP contribution in [0.4, 0.5) is 0 Å². The van der Waals surface area contributed by atoms with Crippen LogP contribution in [0.25, 0.3) is 33.4 Å². The van der Waals surface area contributed by atoms with Gasteiger partial charge in [0.2, 0.25) is 5.43 Å². The Morgan fingerprint density at radius 2 is 2.00 bits per heavy atom. The SMILES string of the molecule is Cc1oc2cc(O)ccc2c(=O)c1-c1nc2ccccc2[nH]1. The molecule has 0 aliphatic heterocycles. The number of aromatic hydroxyl groups is 1. The molecule has 0 fully saturated rings. The molecule has 22 heavy (non-hydrogen) atoms. The summed E-state index contributed by atoms with van der Waals surface area (Å²) in [5.74, 6) is 1.01. The van der Waals surface area contributed by atoms with Crippen LogP contribution in [0.5, 0.6) is 5.75 Å². The lowest BCUT2D eigenvalue weighted by atomic mass is 10.1. The first kappa shape index (κ1) is 12.6. The van der Waals surface area contributed by atoms with E-state index in [-0.39, 0.29) is 11.2 Å². The Labute approximate surface area is 124 Å². The van der Waals surface area contributed by atoms with Gasteiger partial charge in [0.25, 0.3) is 0 Å². The number of phenolic OH excluding ortho intramolecular Hbond substituents is 1. The minimum atomic E-state index is -0.169. The standard InChI is InChI=1S/C17H12N2O3/c1-9-15(17-18-12-4-2-3-5-13(12)19-17)16(21)11-7-6-10(20)8-14(11)22-9/h2-8,20H,1H3,(H,18,19). The van der Waals surface area contributed by atoms with Crippen molar-refractivity contribution >= 4 is 22.0 Å². The largest absolute Gasteiger partial charge is 0.508 e. The topological polar surface area (TPSA) is 79.1 Å². The van der Waals surface area contributed by atoms with Crippen LogP contribution >= 0.6 is 0 Å². The van der Waals surface area contributed by atoms with Gasteiger partial charge < -0.3 is 14.5 Å². The summed E-state index contributed by atoms with van der Waals surface area (Å²) in [6.45, 7) is 1.72. The maximum Gasteiger partial charge on any atom is 0.203 e. The highest BCUT2D eigenvalue weighted by molar-refractivity contribution is 5.85. The van der Waals surface area contributed by atoms with Gasteiger partial charge in [-0.2, -0.15) is 0 Å². The summed E-state index contributed by atoms with van der Waals surface area (Å²) >= 11 is 0. The van der Waals surface area contributed by atoms with Gasteiger partial charge in [0, 0.05) is 6.07 Å². The van der Waals surface area contributed by atoms with Crippen LogP contribution in [-0.4, -0.2) is 15.1 Å². The molecule has 2 aromatic carbocycles. The molecule has 0 spiro atoms. The summed E-state index contributed by atoms with van der Waals surface area (Å²) in [6.07, 6.45) is 0. The number of imidazole rings is 1. The molecule has 4 aromatic rings. The maximum atomic E-state index is 12.7. The van der Waals surface area contributed by atoms with Gasteiger partial charge >= 0.3 is 0 Å². The molecule has 5 nitrogen and oxygen atoms in total. The highest BCUT2D eigenvalue weighted by Crippen LogP contribution is 2.25. The van der Waals surface area contributed by atoms with E-state index in [4.69, 9.17) is 4.42 Å². The van der Waals surface area contributed by atoms with E-state index in [0.717, 1.165) is 11.0 Å². The number of nitrogens with one attached hydrogen (secondary N) is 1. The predicted octanol–water partition coefficient (Wildman–Crippen LogP) is 3.35. The molecule has 2 N–H and O–H groups in total. The predicted molar refractivity (Wildman–Crippen MR) is 84.0 cm³/mol. The number of aromatic nitrogens is 2. The van der Waals surface area contributed by atoms with Gasteiger partial charge in [-0.25, -0.2) is 4.98 Å². The highest BCUT2D eigenvalue weighted by atomic mass is 16.3. The smallest absolute Gasteiger partial charge is 0.203 e. The molecule has 0 aliphatic rings. The third kappa shape index (κ3) is 1.79. The fourth-order valence-electron chi connectivity index (χ4n) is 2.64. The van der Waals surface area contributed by atoms with E-state index in [1.54, 1.807) is 13.0 Å². The summed E-state index contributed by atoms with van der Waals surface area (Å²) in [6, 6.07) is 12.0. The molecule has 2 heterocycles. The molecule has 0 unspecified atom stereocenters. The molecule has 0 saturated heterocycles. The fourth-order valence-corrected chi connectivity index (χ4v) is 2.64. The van der Waals surface area contributed by atoms with Crippen molar-refractivity contribution < 1.29 is 9.52 Å². The molecule has 5 heteroatoms. The van der Waals surface area contributed by atoms with Crippen molar-refractivity contribution in [1.29, 1.82) is 0 Å². The van der Waals surface area contributed by atoms with E-state index in [2.05, 4.69) is 9.97 Å². The molecule has 0 atom stereocenters. The van der Waals surface area contributed by atoms with Gasteiger partial charge in [-0.1, -0.05) is 12.1 Å². The monoisotopic (exact) mass is 292 g/mol. The molecule has 0 aliphatic carbocycles. The minimum absolute atomic E-state index is 0.0616. The van der Waals surface area contributed by atoms with Crippen molar-refractivity contribution in [2.75, 3.05) is 0 Å². The van der Waals surface area contributed by atoms with Crippen LogP contribution in [0.15, 0.2) is 51.7 Å². The first-order valence-electron chi connectivity index (χ1n) is 6.85. The number of aryl methyl sites for hydroxylation is 1. The fraction of sp³-hybridized carbons (Fsp3) is 0.0588. The van der Waals surface area contributed by atoms with Crippen LogP contribution in [0.1, 0.15) is 5.76 Å². The van der Waals surface area contributed by atoms with Crippen LogP contribution in [0, 0.1) is 6.92 Å². The van der Waals surface area contributed by atoms with Crippen LogP contribution in [0.3, 0.4) is 0 Å². The number of aromatic amines is 1. The Morgan fingerprint density at radius 3 is 2.82 bits per heavy atom. The normalized spacial score (nSPS) is 11.3. The van der Waals surface area contributed by atoms with Crippen molar-refractivity contribution in [3.05, 3.63) is 58.4 Å². The average Bonchev–Trinajstić information content (AvgIpc) is 2.90. The molecule has 0 amide bonds. The van der Waals surface area contributed by atoms with Crippen LogP contribution in [0.2, 0.25) is 0 Å². The number of benzene rings is 2. The second kappa shape index (κ2) is 4.46. The van der Waals surface area contributed by atoms with Gasteiger partial charge in [0.05, 0.1) is 16.4 Å². The van der Waals surface area contributed by atoms with Crippen molar-refractivity contribution in [3.8, 4) is 17.1 Å². The Kier molecular flexibility index (Phi) is 2.56. The first-order chi connectivity index (χ1) is 10.6. The lowest BCUT2D eigenvalue weighted by molar-refractivity contribution is 0.473. The number of hydrogen-bond acceptors (Lipinski definition) is 4.